The fourth-order valence-corrected chi connectivity index (χ4v) is 4.15. The second kappa shape index (κ2) is 9.17. The minimum absolute atomic E-state index is 0.176. The minimum Gasteiger partial charge on any atom is -0.459 e. The third-order valence-electron chi connectivity index (χ3n) is 4.76. The van der Waals surface area contributed by atoms with Crippen molar-refractivity contribution in [1.29, 1.82) is 0 Å². The van der Waals surface area contributed by atoms with Crippen molar-refractivity contribution in [3.05, 3.63) is 73.7 Å². The molecule has 0 unspecified atom stereocenters. The van der Waals surface area contributed by atoms with Crippen LogP contribution in [0.4, 0.5) is 5.69 Å². The molecule has 3 rings (SSSR count). The molecule has 1 aliphatic heterocycles. The maximum absolute atomic E-state index is 13.0. The second-order valence-corrected chi connectivity index (χ2v) is 10.3. The standard InChI is InChI=1S/C20H17BrN2O8S/c1-32(29,30)10-9-16(20(26)31-11-12-5-7-13(21)8-6-12)22-18(24)14-3-2-4-15(23(27)28)17(14)19(22)25/h2-8,16H,9-11H2,1H3/t16-/m1/s1. The van der Waals surface area contributed by atoms with Gasteiger partial charge in [0.15, 0.2) is 0 Å². The van der Waals surface area contributed by atoms with Gasteiger partial charge in [-0.15, -0.1) is 0 Å². The Morgan fingerprint density at radius 2 is 1.81 bits per heavy atom. The first-order valence-corrected chi connectivity index (χ1v) is 12.1. The van der Waals surface area contributed by atoms with E-state index in [2.05, 4.69) is 15.9 Å². The van der Waals surface area contributed by atoms with Crippen LogP contribution in [0, 0.1) is 10.1 Å². The number of rotatable bonds is 8. The quantitative estimate of drug-likeness (QED) is 0.222. The van der Waals surface area contributed by atoms with E-state index in [-0.39, 0.29) is 12.2 Å². The molecule has 32 heavy (non-hydrogen) atoms. The summed E-state index contributed by atoms with van der Waals surface area (Å²) < 4.78 is 29.4. The largest absolute Gasteiger partial charge is 0.459 e. The fraction of sp³-hybridized carbons (Fsp3) is 0.250. The van der Waals surface area contributed by atoms with Gasteiger partial charge >= 0.3 is 5.97 Å². The van der Waals surface area contributed by atoms with Gasteiger partial charge in [0, 0.05) is 16.8 Å². The Labute approximate surface area is 191 Å². The topological polar surface area (TPSA) is 141 Å². The molecule has 1 aliphatic rings. The Kier molecular flexibility index (Phi) is 6.74. The Morgan fingerprint density at radius 1 is 1.16 bits per heavy atom. The van der Waals surface area contributed by atoms with Crippen LogP contribution in [0.25, 0.3) is 0 Å². The first-order valence-electron chi connectivity index (χ1n) is 9.23. The number of esters is 1. The van der Waals surface area contributed by atoms with Crippen LogP contribution in [0.1, 0.15) is 32.7 Å². The van der Waals surface area contributed by atoms with Crippen LogP contribution in [-0.2, 0) is 26.0 Å². The highest BCUT2D eigenvalue weighted by Gasteiger charge is 2.47. The number of benzene rings is 2. The number of imide groups is 1. The molecule has 2 aromatic rings. The molecule has 0 aromatic heterocycles. The number of ether oxygens (including phenoxy) is 1. The van der Waals surface area contributed by atoms with Crippen LogP contribution in [0.3, 0.4) is 0 Å². The van der Waals surface area contributed by atoms with Crippen molar-refractivity contribution in [2.24, 2.45) is 0 Å². The summed E-state index contributed by atoms with van der Waals surface area (Å²) in [7, 11) is -3.55. The number of hydrogen-bond donors (Lipinski definition) is 0. The van der Waals surface area contributed by atoms with Gasteiger partial charge in [0.2, 0.25) is 0 Å². The molecular formula is C20H17BrN2O8S. The van der Waals surface area contributed by atoms with E-state index >= 15 is 0 Å². The summed E-state index contributed by atoms with van der Waals surface area (Å²) in [6.07, 6.45) is 0.543. The smallest absolute Gasteiger partial charge is 0.329 e. The number of sulfone groups is 1. The predicted molar refractivity (Wildman–Crippen MR) is 116 cm³/mol. The van der Waals surface area contributed by atoms with Gasteiger partial charge in [-0.25, -0.2) is 13.2 Å². The molecule has 10 nitrogen and oxygen atoms in total. The molecule has 2 aromatic carbocycles. The Bertz CT molecular complexity index is 1210. The van der Waals surface area contributed by atoms with Crippen LogP contribution in [0.15, 0.2) is 46.9 Å². The van der Waals surface area contributed by atoms with Gasteiger partial charge in [-0.3, -0.25) is 24.6 Å². The van der Waals surface area contributed by atoms with Crippen LogP contribution in [0.5, 0.6) is 0 Å². The lowest BCUT2D eigenvalue weighted by Gasteiger charge is -2.24. The van der Waals surface area contributed by atoms with Gasteiger partial charge < -0.3 is 4.74 Å². The molecule has 0 fully saturated rings. The van der Waals surface area contributed by atoms with Crippen molar-refractivity contribution < 1.29 is 32.5 Å². The monoisotopic (exact) mass is 524 g/mol. The summed E-state index contributed by atoms with van der Waals surface area (Å²) in [5.74, 6) is -3.46. The molecule has 0 bridgehead atoms. The van der Waals surface area contributed by atoms with E-state index < -0.39 is 62.0 Å². The highest BCUT2D eigenvalue weighted by atomic mass is 79.9. The second-order valence-electron chi connectivity index (χ2n) is 7.11. The van der Waals surface area contributed by atoms with Gasteiger partial charge in [-0.1, -0.05) is 34.1 Å². The molecule has 168 valence electrons. The number of nitro benzene ring substituents is 1. The average Bonchev–Trinajstić information content (AvgIpc) is 2.98. The van der Waals surface area contributed by atoms with Crippen molar-refractivity contribution in [2.75, 3.05) is 12.0 Å². The third-order valence-corrected chi connectivity index (χ3v) is 6.27. The molecular weight excluding hydrogens is 508 g/mol. The first-order chi connectivity index (χ1) is 15.0. The first kappa shape index (κ1) is 23.5. The van der Waals surface area contributed by atoms with E-state index in [1.165, 1.54) is 12.1 Å². The summed E-state index contributed by atoms with van der Waals surface area (Å²) in [6, 6.07) is 8.84. The molecule has 12 heteroatoms. The van der Waals surface area contributed by atoms with Crippen LogP contribution < -0.4 is 0 Å². The van der Waals surface area contributed by atoms with Gasteiger partial charge in [0.25, 0.3) is 17.5 Å². The van der Waals surface area contributed by atoms with Gasteiger partial charge in [-0.05, 0) is 30.2 Å². The van der Waals surface area contributed by atoms with Gasteiger partial charge in [0.05, 0.1) is 16.2 Å². The zero-order valence-electron chi connectivity index (χ0n) is 16.7. The van der Waals surface area contributed by atoms with Gasteiger partial charge in [0.1, 0.15) is 28.0 Å². The van der Waals surface area contributed by atoms with Crippen LogP contribution in [-0.4, -0.2) is 54.1 Å². The molecule has 0 saturated heterocycles. The number of nitrogens with zero attached hydrogens (tertiary/aromatic N) is 2. The normalized spacial score (nSPS) is 14.2. The summed E-state index contributed by atoms with van der Waals surface area (Å²) in [5, 5.41) is 11.3. The lowest BCUT2D eigenvalue weighted by atomic mass is 10.1. The lowest BCUT2D eigenvalue weighted by Crippen LogP contribution is -2.46. The lowest BCUT2D eigenvalue weighted by molar-refractivity contribution is -0.385. The Morgan fingerprint density at radius 3 is 2.41 bits per heavy atom. The number of carbonyl (C=O) groups is 3. The molecule has 0 N–H and O–H groups in total. The van der Waals surface area contributed by atoms with Crippen LogP contribution in [0.2, 0.25) is 0 Å². The van der Waals surface area contributed by atoms with Crippen LogP contribution >= 0.6 is 15.9 Å². The van der Waals surface area contributed by atoms with Crippen molar-refractivity contribution in [2.45, 2.75) is 19.1 Å². The molecule has 0 saturated carbocycles. The van der Waals surface area contributed by atoms with E-state index in [9.17, 15) is 32.9 Å². The maximum atomic E-state index is 13.0. The van der Waals surface area contributed by atoms with E-state index in [1.54, 1.807) is 24.3 Å². The maximum Gasteiger partial charge on any atom is 0.329 e. The summed E-state index contributed by atoms with van der Waals surface area (Å²) in [6.45, 7) is -0.176. The van der Waals surface area contributed by atoms with E-state index in [4.69, 9.17) is 4.74 Å². The van der Waals surface area contributed by atoms with Gasteiger partial charge in [-0.2, -0.15) is 0 Å². The molecule has 1 heterocycles. The van der Waals surface area contributed by atoms with E-state index in [0.717, 1.165) is 16.8 Å². The zero-order chi connectivity index (χ0) is 23.6. The van der Waals surface area contributed by atoms with Crippen molar-refractivity contribution in [3.63, 3.8) is 0 Å². The van der Waals surface area contributed by atoms with Crippen molar-refractivity contribution >= 4 is 49.2 Å². The molecule has 0 aliphatic carbocycles. The van der Waals surface area contributed by atoms with E-state index in [0.29, 0.717) is 10.5 Å². The number of fused-ring (bicyclic) bond motifs is 1. The van der Waals surface area contributed by atoms with Crippen molar-refractivity contribution in [1.82, 2.24) is 4.90 Å². The highest BCUT2D eigenvalue weighted by Crippen LogP contribution is 2.33. The average molecular weight is 525 g/mol. The number of carbonyl (C=O) groups excluding carboxylic acids is 3. The highest BCUT2D eigenvalue weighted by molar-refractivity contribution is 9.10. The summed E-state index contributed by atoms with van der Waals surface area (Å²) in [4.78, 5) is 49.7. The zero-order valence-corrected chi connectivity index (χ0v) is 19.1. The molecule has 1 atom stereocenters. The molecule has 2 amide bonds. The Balaban J connectivity index is 1.91. The van der Waals surface area contributed by atoms with E-state index in [1.807, 2.05) is 0 Å². The number of halogens is 1. The third kappa shape index (κ3) is 5.02. The van der Waals surface area contributed by atoms with Crippen molar-refractivity contribution in [3.8, 4) is 0 Å². The number of nitro groups is 1. The molecule has 0 radical (unpaired) electrons. The number of amides is 2. The fourth-order valence-electron chi connectivity index (χ4n) is 3.23. The Hall–Kier alpha value is -3.12. The SMILES string of the molecule is CS(=O)(=O)CC[C@H](C(=O)OCc1ccc(Br)cc1)N1C(=O)c2cccc([N+](=O)[O-])c2C1=O. The summed E-state index contributed by atoms with van der Waals surface area (Å²) in [5.41, 5.74) is -0.614. The predicted octanol–water partition coefficient (Wildman–Crippen LogP) is 2.50. The number of hydrogen-bond acceptors (Lipinski definition) is 8. The minimum atomic E-state index is -3.55. The summed E-state index contributed by atoms with van der Waals surface area (Å²) >= 11 is 3.28. The molecule has 0 spiro atoms.